The van der Waals surface area contributed by atoms with E-state index in [9.17, 15) is 0 Å². The predicted octanol–water partition coefficient (Wildman–Crippen LogP) is -0.00130. The molecule has 0 radical (unpaired) electrons. The van der Waals surface area contributed by atoms with Gasteiger partial charge in [-0.3, -0.25) is 4.68 Å². The molecule has 0 aliphatic heterocycles. The van der Waals surface area contributed by atoms with Crippen LogP contribution in [-0.4, -0.2) is 55.0 Å². The van der Waals surface area contributed by atoms with Crippen LogP contribution in [0.25, 0.3) is 0 Å². The van der Waals surface area contributed by atoms with E-state index in [1.807, 2.05) is 20.3 Å². The Bertz CT molecular complexity index is 303. The van der Waals surface area contributed by atoms with Crippen molar-refractivity contribution in [3.05, 3.63) is 11.9 Å². The largest absolute Gasteiger partial charge is 0.382 e. The molecule has 0 aliphatic rings. The van der Waals surface area contributed by atoms with Crippen molar-refractivity contribution >= 4 is 0 Å². The molecule has 1 unspecified atom stereocenters. The number of aromatic nitrogens is 3. The molecule has 0 bridgehead atoms. The third kappa shape index (κ3) is 5.76. The summed E-state index contributed by atoms with van der Waals surface area (Å²) >= 11 is 0. The van der Waals surface area contributed by atoms with Crippen LogP contribution in [0.15, 0.2) is 6.20 Å². The number of hydrogen-bond donors (Lipinski definition) is 1. The highest BCUT2D eigenvalue weighted by Gasteiger charge is 2.09. The van der Waals surface area contributed by atoms with Gasteiger partial charge in [-0.1, -0.05) is 5.21 Å². The summed E-state index contributed by atoms with van der Waals surface area (Å²) in [6.45, 7) is 2.03. The number of nitrogens with zero attached hydrogens (tertiary/aromatic N) is 3. The Morgan fingerprint density at radius 1 is 1.41 bits per heavy atom. The lowest BCUT2D eigenvalue weighted by Crippen LogP contribution is -2.29. The standard InChI is InChI=1S/C11H22N4O2/c1-12-10(4-5-17-7-6-16-3)8-11-9-15(2)14-13-11/h9-10,12H,4-8H2,1-3H3. The van der Waals surface area contributed by atoms with Crippen molar-refractivity contribution in [3.63, 3.8) is 0 Å². The van der Waals surface area contributed by atoms with Gasteiger partial charge in [0.1, 0.15) is 0 Å². The molecular weight excluding hydrogens is 220 g/mol. The molecule has 6 heteroatoms. The highest BCUT2D eigenvalue weighted by atomic mass is 16.5. The van der Waals surface area contributed by atoms with Crippen LogP contribution < -0.4 is 5.32 Å². The van der Waals surface area contributed by atoms with Gasteiger partial charge in [-0.15, -0.1) is 5.10 Å². The SMILES string of the molecule is CNC(CCOCCOC)Cc1cn(C)nn1. The number of ether oxygens (including phenoxy) is 2. The van der Waals surface area contributed by atoms with Gasteiger partial charge in [-0.25, -0.2) is 0 Å². The van der Waals surface area contributed by atoms with E-state index in [0.29, 0.717) is 19.3 Å². The molecule has 0 aliphatic carbocycles. The second kappa shape index (κ2) is 8.16. The predicted molar refractivity (Wildman–Crippen MR) is 64.9 cm³/mol. The molecule has 1 aromatic rings. The second-order valence-corrected chi connectivity index (χ2v) is 3.97. The van der Waals surface area contributed by atoms with Crippen molar-refractivity contribution < 1.29 is 9.47 Å². The molecule has 1 atom stereocenters. The molecule has 98 valence electrons. The number of methoxy groups -OCH3 is 1. The molecule has 1 heterocycles. The first-order valence-corrected chi connectivity index (χ1v) is 5.85. The van der Waals surface area contributed by atoms with E-state index in [4.69, 9.17) is 9.47 Å². The zero-order valence-electron chi connectivity index (χ0n) is 10.8. The third-order valence-corrected chi connectivity index (χ3v) is 2.56. The Kier molecular flexibility index (Phi) is 6.76. The van der Waals surface area contributed by atoms with Crippen molar-refractivity contribution in [1.82, 2.24) is 20.3 Å². The van der Waals surface area contributed by atoms with Crippen LogP contribution in [0.3, 0.4) is 0 Å². The van der Waals surface area contributed by atoms with Crippen LogP contribution in [0.2, 0.25) is 0 Å². The fourth-order valence-corrected chi connectivity index (χ4v) is 1.56. The van der Waals surface area contributed by atoms with Gasteiger partial charge in [0.15, 0.2) is 0 Å². The lowest BCUT2D eigenvalue weighted by Gasteiger charge is -2.14. The zero-order valence-corrected chi connectivity index (χ0v) is 10.8. The second-order valence-electron chi connectivity index (χ2n) is 3.97. The first-order valence-electron chi connectivity index (χ1n) is 5.85. The average molecular weight is 242 g/mol. The van der Waals surface area contributed by atoms with E-state index in [1.165, 1.54) is 0 Å². The van der Waals surface area contributed by atoms with Gasteiger partial charge in [0.05, 0.1) is 18.9 Å². The molecule has 0 saturated carbocycles. The first kappa shape index (κ1) is 14.1. The van der Waals surface area contributed by atoms with E-state index in [-0.39, 0.29) is 0 Å². The Morgan fingerprint density at radius 2 is 2.24 bits per heavy atom. The number of nitrogens with one attached hydrogen (secondary N) is 1. The first-order chi connectivity index (χ1) is 8.26. The summed E-state index contributed by atoms with van der Waals surface area (Å²) in [5.74, 6) is 0. The van der Waals surface area contributed by atoms with E-state index in [0.717, 1.165) is 25.1 Å². The summed E-state index contributed by atoms with van der Waals surface area (Å²) in [6.07, 6.45) is 3.77. The van der Waals surface area contributed by atoms with Gasteiger partial charge >= 0.3 is 0 Å². The van der Waals surface area contributed by atoms with Gasteiger partial charge in [-0.05, 0) is 13.5 Å². The fourth-order valence-electron chi connectivity index (χ4n) is 1.56. The molecule has 0 fully saturated rings. The fraction of sp³-hybridized carbons (Fsp3) is 0.818. The smallest absolute Gasteiger partial charge is 0.0842 e. The van der Waals surface area contributed by atoms with Crippen LogP contribution in [0.5, 0.6) is 0 Å². The van der Waals surface area contributed by atoms with Crippen molar-refractivity contribution in [2.24, 2.45) is 7.05 Å². The van der Waals surface area contributed by atoms with Crippen LogP contribution >= 0.6 is 0 Å². The maximum Gasteiger partial charge on any atom is 0.0842 e. The molecular formula is C11H22N4O2. The van der Waals surface area contributed by atoms with E-state index >= 15 is 0 Å². The zero-order chi connectivity index (χ0) is 12.5. The maximum atomic E-state index is 5.44. The summed E-state index contributed by atoms with van der Waals surface area (Å²) < 4.78 is 12.1. The Hall–Kier alpha value is -0.980. The summed E-state index contributed by atoms with van der Waals surface area (Å²) in [7, 11) is 5.50. The summed E-state index contributed by atoms with van der Waals surface area (Å²) in [6, 6.07) is 0.370. The van der Waals surface area contributed by atoms with Gasteiger partial charge in [0.25, 0.3) is 0 Å². The highest BCUT2D eigenvalue weighted by molar-refractivity contribution is 4.95. The number of aryl methyl sites for hydroxylation is 1. The van der Waals surface area contributed by atoms with Gasteiger partial charge in [-0.2, -0.15) is 0 Å². The van der Waals surface area contributed by atoms with E-state index in [1.54, 1.807) is 11.8 Å². The molecule has 0 aromatic carbocycles. The van der Waals surface area contributed by atoms with Crippen molar-refractivity contribution in [2.45, 2.75) is 18.9 Å². The molecule has 0 amide bonds. The highest BCUT2D eigenvalue weighted by Crippen LogP contribution is 2.02. The van der Waals surface area contributed by atoms with Crippen molar-refractivity contribution in [3.8, 4) is 0 Å². The minimum atomic E-state index is 0.370. The Balaban J connectivity index is 2.19. The molecule has 1 N–H and O–H groups in total. The monoisotopic (exact) mass is 242 g/mol. The normalized spacial score (nSPS) is 12.9. The molecule has 1 aromatic heterocycles. The summed E-state index contributed by atoms with van der Waals surface area (Å²) in [5, 5.41) is 11.3. The van der Waals surface area contributed by atoms with Gasteiger partial charge in [0.2, 0.25) is 0 Å². The third-order valence-electron chi connectivity index (χ3n) is 2.56. The molecule has 0 saturated heterocycles. The van der Waals surface area contributed by atoms with Crippen LogP contribution in [0.4, 0.5) is 0 Å². The van der Waals surface area contributed by atoms with Crippen LogP contribution in [-0.2, 0) is 22.9 Å². The van der Waals surface area contributed by atoms with Gasteiger partial charge in [0, 0.05) is 39.4 Å². The quantitative estimate of drug-likeness (QED) is 0.618. The summed E-state index contributed by atoms with van der Waals surface area (Å²) in [4.78, 5) is 0. The minimum Gasteiger partial charge on any atom is -0.382 e. The van der Waals surface area contributed by atoms with Crippen molar-refractivity contribution in [2.75, 3.05) is 34.0 Å². The molecule has 1 rings (SSSR count). The Labute approximate surface area is 102 Å². The Morgan fingerprint density at radius 3 is 2.82 bits per heavy atom. The average Bonchev–Trinajstić information content (AvgIpc) is 2.73. The lowest BCUT2D eigenvalue weighted by molar-refractivity contribution is 0.0661. The molecule has 0 spiro atoms. The molecule has 17 heavy (non-hydrogen) atoms. The number of likely N-dealkylation sites (N-methyl/N-ethyl adjacent to an activating group) is 1. The maximum absolute atomic E-state index is 5.44. The van der Waals surface area contributed by atoms with E-state index < -0.39 is 0 Å². The number of rotatable bonds is 9. The minimum absolute atomic E-state index is 0.370. The van der Waals surface area contributed by atoms with Crippen LogP contribution in [0.1, 0.15) is 12.1 Å². The number of hydrogen-bond acceptors (Lipinski definition) is 5. The molecule has 6 nitrogen and oxygen atoms in total. The topological polar surface area (TPSA) is 61.2 Å². The van der Waals surface area contributed by atoms with Crippen LogP contribution in [0, 0.1) is 0 Å². The lowest BCUT2D eigenvalue weighted by atomic mass is 10.1. The summed E-state index contributed by atoms with van der Waals surface area (Å²) in [5.41, 5.74) is 1.00. The van der Waals surface area contributed by atoms with E-state index in [2.05, 4.69) is 15.6 Å². The van der Waals surface area contributed by atoms with Gasteiger partial charge < -0.3 is 14.8 Å². The van der Waals surface area contributed by atoms with Crippen molar-refractivity contribution in [1.29, 1.82) is 0 Å².